The van der Waals surface area contributed by atoms with Gasteiger partial charge >= 0.3 is 6.03 Å². The zero-order chi connectivity index (χ0) is 15.5. The van der Waals surface area contributed by atoms with Gasteiger partial charge in [-0.25, -0.2) is 9.89 Å². The topological polar surface area (TPSA) is 101 Å². The van der Waals surface area contributed by atoms with Crippen molar-refractivity contribution in [3.05, 3.63) is 53.6 Å². The molecule has 0 spiro atoms. The SMILES string of the molecule is NC(=O)N(c1cccc(Cl)c1)c1ccccc1-c1nnn[nH]1. The smallest absolute Gasteiger partial charge is 0.323 e. The lowest BCUT2D eigenvalue weighted by atomic mass is 10.1. The molecule has 0 saturated heterocycles. The van der Waals surface area contributed by atoms with Crippen LogP contribution in [-0.4, -0.2) is 26.7 Å². The number of nitrogens with one attached hydrogen (secondary N) is 1. The summed E-state index contributed by atoms with van der Waals surface area (Å²) in [6.45, 7) is 0. The van der Waals surface area contributed by atoms with E-state index in [0.717, 1.165) is 0 Å². The lowest BCUT2D eigenvalue weighted by Gasteiger charge is -2.22. The van der Waals surface area contributed by atoms with Gasteiger partial charge in [-0.2, -0.15) is 0 Å². The molecule has 3 aromatic rings. The minimum Gasteiger partial charge on any atom is -0.351 e. The first-order valence-electron chi connectivity index (χ1n) is 6.35. The van der Waals surface area contributed by atoms with E-state index in [1.165, 1.54) is 4.90 Å². The molecule has 110 valence electrons. The number of rotatable bonds is 3. The Morgan fingerprint density at radius 3 is 2.68 bits per heavy atom. The average Bonchev–Trinajstić information content (AvgIpc) is 3.02. The minimum absolute atomic E-state index is 0.434. The molecule has 0 radical (unpaired) electrons. The van der Waals surface area contributed by atoms with Crippen molar-refractivity contribution in [2.75, 3.05) is 4.90 Å². The summed E-state index contributed by atoms with van der Waals surface area (Å²) >= 11 is 6.00. The zero-order valence-electron chi connectivity index (χ0n) is 11.3. The molecule has 0 bridgehead atoms. The van der Waals surface area contributed by atoms with E-state index in [0.29, 0.717) is 27.8 Å². The van der Waals surface area contributed by atoms with Crippen molar-refractivity contribution in [2.45, 2.75) is 0 Å². The number of hydrogen-bond donors (Lipinski definition) is 2. The Hall–Kier alpha value is -2.93. The van der Waals surface area contributed by atoms with Crippen molar-refractivity contribution in [1.29, 1.82) is 0 Å². The number of aromatic nitrogens is 4. The number of benzene rings is 2. The van der Waals surface area contributed by atoms with Gasteiger partial charge in [-0.3, -0.25) is 4.90 Å². The number of anilines is 2. The number of hydrogen-bond acceptors (Lipinski definition) is 4. The van der Waals surface area contributed by atoms with Crippen LogP contribution in [0.5, 0.6) is 0 Å². The van der Waals surface area contributed by atoms with Crippen molar-refractivity contribution in [2.24, 2.45) is 5.73 Å². The van der Waals surface area contributed by atoms with Gasteiger partial charge in [0, 0.05) is 10.6 Å². The molecule has 2 amide bonds. The molecular weight excluding hydrogens is 304 g/mol. The average molecular weight is 315 g/mol. The van der Waals surface area contributed by atoms with Gasteiger partial charge in [-0.15, -0.1) is 5.10 Å². The first kappa shape index (κ1) is 14.0. The van der Waals surface area contributed by atoms with Gasteiger partial charge < -0.3 is 5.73 Å². The second-order valence-corrected chi connectivity index (χ2v) is 4.86. The standard InChI is InChI=1S/C14H11ClN6O/c15-9-4-3-5-10(8-9)21(14(16)22)12-7-2-1-6-11(12)13-17-19-20-18-13/h1-8H,(H2,16,22)(H,17,18,19,20). The van der Waals surface area contributed by atoms with Crippen molar-refractivity contribution in [3.8, 4) is 11.4 Å². The van der Waals surface area contributed by atoms with Crippen molar-refractivity contribution < 1.29 is 4.79 Å². The summed E-state index contributed by atoms with van der Waals surface area (Å²) in [4.78, 5) is 13.3. The second-order valence-electron chi connectivity index (χ2n) is 4.42. The van der Waals surface area contributed by atoms with E-state index < -0.39 is 6.03 Å². The van der Waals surface area contributed by atoms with E-state index in [4.69, 9.17) is 17.3 Å². The highest BCUT2D eigenvalue weighted by Gasteiger charge is 2.20. The summed E-state index contributed by atoms with van der Waals surface area (Å²) in [5.41, 5.74) is 7.31. The molecule has 0 fully saturated rings. The molecule has 0 aliphatic rings. The number of nitrogens with zero attached hydrogens (tertiary/aromatic N) is 4. The van der Waals surface area contributed by atoms with Crippen molar-refractivity contribution in [3.63, 3.8) is 0 Å². The number of nitrogens with two attached hydrogens (primary N) is 1. The highest BCUT2D eigenvalue weighted by atomic mass is 35.5. The number of halogens is 1. The number of amides is 2. The van der Waals surface area contributed by atoms with E-state index in [1.54, 1.807) is 42.5 Å². The van der Waals surface area contributed by atoms with Crippen LogP contribution in [0.2, 0.25) is 5.02 Å². The predicted octanol–water partition coefficient (Wildman–Crippen LogP) is 2.74. The van der Waals surface area contributed by atoms with Crippen LogP contribution in [0.4, 0.5) is 16.2 Å². The summed E-state index contributed by atoms with van der Waals surface area (Å²) in [5, 5.41) is 14.2. The number of urea groups is 1. The van der Waals surface area contributed by atoms with Crippen LogP contribution < -0.4 is 10.6 Å². The van der Waals surface area contributed by atoms with Gasteiger partial charge in [0.05, 0.1) is 11.4 Å². The summed E-state index contributed by atoms with van der Waals surface area (Å²) in [6.07, 6.45) is 0. The fourth-order valence-corrected chi connectivity index (χ4v) is 2.33. The zero-order valence-corrected chi connectivity index (χ0v) is 12.0. The van der Waals surface area contributed by atoms with Gasteiger partial charge in [0.25, 0.3) is 0 Å². The normalized spacial score (nSPS) is 10.4. The fraction of sp³-hybridized carbons (Fsp3) is 0. The minimum atomic E-state index is -0.637. The van der Waals surface area contributed by atoms with E-state index in [-0.39, 0.29) is 0 Å². The lowest BCUT2D eigenvalue weighted by Crippen LogP contribution is -2.31. The molecule has 1 heterocycles. The highest BCUT2D eigenvalue weighted by Crippen LogP contribution is 2.34. The number of aromatic amines is 1. The van der Waals surface area contributed by atoms with Crippen LogP contribution in [0.1, 0.15) is 0 Å². The third-order valence-corrected chi connectivity index (χ3v) is 3.27. The van der Waals surface area contributed by atoms with E-state index >= 15 is 0 Å². The van der Waals surface area contributed by atoms with Crippen LogP contribution in [-0.2, 0) is 0 Å². The third-order valence-electron chi connectivity index (χ3n) is 3.03. The molecule has 0 aliphatic heterocycles. The Kier molecular flexibility index (Phi) is 3.71. The predicted molar refractivity (Wildman–Crippen MR) is 82.8 cm³/mol. The van der Waals surface area contributed by atoms with Crippen LogP contribution in [0.25, 0.3) is 11.4 Å². The number of carbonyl (C=O) groups is 1. The van der Waals surface area contributed by atoms with Crippen LogP contribution in [0.15, 0.2) is 48.5 Å². The van der Waals surface area contributed by atoms with Gasteiger partial charge in [0.2, 0.25) is 0 Å². The van der Waals surface area contributed by atoms with Gasteiger partial charge in [0.15, 0.2) is 5.82 Å². The molecule has 3 rings (SSSR count). The van der Waals surface area contributed by atoms with Crippen molar-refractivity contribution >= 4 is 29.0 Å². The van der Waals surface area contributed by atoms with E-state index in [1.807, 2.05) is 6.07 Å². The summed E-state index contributed by atoms with van der Waals surface area (Å²) < 4.78 is 0. The summed E-state index contributed by atoms with van der Waals surface area (Å²) in [6, 6.07) is 13.4. The Labute approximate surface area is 130 Å². The monoisotopic (exact) mass is 314 g/mol. The molecule has 0 atom stereocenters. The van der Waals surface area contributed by atoms with Crippen LogP contribution in [0, 0.1) is 0 Å². The molecule has 3 N–H and O–H groups in total. The lowest BCUT2D eigenvalue weighted by molar-refractivity contribution is 0.256. The molecule has 0 aliphatic carbocycles. The number of para-hydroxylation sites is 1. The maximum atomic E-state index is 12.0. The Bertz CT molecular complexity index is 805. The Morgan fingerprint density at radius 2 is 2.00 bits per heavy atom. The second kappa shape index (κ2) is 5.82. The van der Waals surface area contributed by atoms with E-state index in [9.17, 15) is 4.79 Å². The van der Waals surface area contributed by atoms with Gasteiger partial charge in [-0.1, -0.05) is 29.8 Å². The quantitative estimate of drug-likeness (QED) is 0.776. The maximum Gasteiger partial charge on any atom is 0.323 e. The molecule has 8 heteroatoms. The molecular formula is C14H11ClN6O. The van der Waals surface area contributed by atoms with Gasteiger partial charge in [0.1, 0.15) is 0 Å². The fourth-order valence-electron chi connectivity index (χ4n) is 2.14. The number of tetrazole rings is 1. The van der Waals surface area contributed by atoms with E-state index in [2.05, 4.69) is 20.6 Å². The third kappa shape index (κ3) is 2.61. The number of primary amides is 1. The Balaban J connectivity index is 2.17. The Morgan fingerprint density at radius 1 is 1.18 bits per heavy atom. The molecule has 0 unspecified atom stereocenters. The molecule has 0 saturated carbocycles. The molecule has 22 heavy (non-hydrogen) atoms. The number of carbonyl (C=O) groups excluding carboxylic acids is 1. The first-order chi connectivity index (χ1) is 10.7. The summed E-state index contributed by atoms with van der Waals surface area (Å²) in [5.74, 6) is 0.434. The summed E-state index contributed by atoms with van der Waals surface area (Å²) in [7, 11) is 0. The number of H-pyrrole nitrogens is 1. The van der Waals surface area contributed by atoms with Gasteiger partial charge in [-0.05, 0) is 40.8 Å². The maximum absolute atomic E-state index is 12.0. The molecule has 7 nitrogen and oxygen atoms in total. The molecule has 2 aromatic carbocycles. The van der Waals surface area contributed by atoms with Crippen LogP contribution >= 0.6 is 11.6 Å². The molecule has 1 aromatic heterocycles. The van der Waals surface area contributed by atoms with Crippen LogP contribution in [0.3, 0.4) is 0 Å². The highest BCUT2D eigenvalue weighted by molar-refractivity contribution is 6.31. The largest absolute Gasteiger partial charge is 0.351 e. The van der Waals surface area contributed by atoms with Crippen molar-refractivity contribution in [1.82, 2.24) is 20.6 Å². The first-order valence-corrected chi connectivity index (χ1v) is 6.73.